The van der Waals surface area contributed by atoms with Crippen LogP contribution in [0.3, 0.4) is 0 Å². The lowest BCUT2D eigenvalue weighted by atomic mass is 10.1. The van der Waals surface area contributed by atoms with Crippen LogP contribution in [-0.4, -0.2) is 14.8 Å². The number of benzene rings is 1. The van der Waals surface area contributed by atoms with Crippen molar-refractivity contribution in [1.82, 2.24) is 0 Å². The molecule has 1 aromatic rings. The highest BCUT2D eigenvalue weighted by molar-refractivity contribution is 5.64. The molecule has 1 rings (SSSR count). The summed E-state index contributed by atoms with van der Waals surface area (Å²) in [6.45, 7) is 1.53. The second-order valence-electron chi connectivity index (χ2n) is 3.50. The Bertz CT molecular complexity index is 581. The lowest BCUT2D eigenvalue weighted by Gasteiger charge is -1.99. The molecule has 0 heterocycles. The van der Waals surface area contributed by atoms with E-state index in [9.17, 15) is 30.3 Å². The monoisotopic (exact) mass is 267 g/mol. The standard InChI is InChI=1S/C10H9N3O6/c1-2-8(11(14)15)5-7-3-4-9(12(16)17)6-10(7)13(18)19/h3-6H,2H2,1H3. The molecule has 0 aliphatic heterocycles. The van der Waals surface area contributed by atoms with Crippen LogP contribution in [0.5, 0.6) is 0 Å². The summed E-state index contributed by atoms with van der Waals surface area (Å²) in [4.78, 5) is 29.8. The van der Waals surface area contributed by atoms with Crippen molar-refractivity contribution in [2.24, 2.45) is 0 Å². The van der Waals surface area contributed by atoms with Gasteiger partial charge in [0.25, 0.3) is 11.4 Å². The molecule has 0 saturated carbocycles. The highest BCUT2D eigenvalue weighted by Gasteiger charge is 2.20. The fourth-order valence-corrected chi connectivity index (χ4v) is 1.39. The molecule has 0 saturated heterocycles. The highest BCUT2D eigenvalue weighted by atomic mass is 16.6. The van der Waals surface area contributed by atoms with Crippen LogP contribution in [0.1, 0.15) is 18.9 Å². The van der Waals surface area contributed by atoms with Gasteiger partial charge in [-0.3, -0.25) is 30.3 Å². The lowest BCUT2D eigenvalue weighted by molar-refractivity contribution is -0.425. The summed E-state index contributed by atoms with van der Waals surface area (Å²) in [6, 6.07) is 2.96. The average Bonchev–Trinajstić information content (AvgIpc) is 2.35. The maximum absolute atomic E-state index is 10.8. The van der Waals surface area contributed by atoms with Crippen LogP contribution in [-0.2, 0) is 0 Å². The number of nitro benzene ring substituents is 2. The van der Waals surface area contributed by atoms with Crippen LogP contribution in [0.2, 0.25) is 0 Å². The van der Waals surface area contributed by atoms with Crippen LogP contribution in [0.4, 0.5) is 11.4 Å². The van der Waals surface area contributed by atoms with Crippen molar-refractivity contribution in [3.05, 3.63) is 59.8 Å². The van der Waals surface area contributed by atoms with Crippen molar-refractivity contribution in [2.45, 2.75) is 13.3 Å². The molecule has 9 heteroatoms. The van der Waals surface area contributed by atoms with E-state index in [0.29, 0.717) is 0 Å². The second-order valence-corrected chi connectivity index (χ2v) is 3.50. The fourth-order valence-electron chi connectivity index (χ4n) is 1.39. The van der Waals surface area contributed by atoms with Gasteiger partial charge in [0, 0.05) is 18.6 Å². The zero-order chi connectivity index (χ0) is 14.6. The number of rotatable bonds is 5. The van der Waals surface area contributed by atoms with Crippen molar-refractivity contribution in [1.29, 1.82) is 0 Å². The molecule has 0 aromatic heterocycles. The summed E-state index contributed by atoms with van der Waals surface area (Å²) in [5, 5.41) is 32.0. The first-order valence-electron chi connectivity index (χ1n) is 5.14. The van der Waals surface area contributed by atoms with Crippen molar-refractivity contribution >= 4 is 17.5 Å². The molecular formula is C10H9N3O6. The molecule has 0 bridgehead atoms. The van der Waals surface area contributed by atoms with Gasteiger partial charge in [-0.2, -0.15) is 0 Å². The fraction of sp³-hybridized carbons (Fsp3) is 0.200. The Morgan fingerprint density at radius 3 is 2.21 bits per heavy atom. The van der Waals surface area contributed by atoms with Gasteiger partial charge in [-0.05, 0) is 6.07 Å². The summed E-state index contributed by atoms with van der Waals surface area (Å²) in [5.41, 5.74) is -1.23. The van der Waals surface area contributed by atoms with Crippen molar-refractivity contribution in [3.8, 4) is 0 Å². The molecule has 0 radical (unpaired) electrons. The molecule has 0 aliphatic rings. The number of nitrogens with zero attached hydrogens (tertiary/aromatic N) is 3. The molecule has 0 atom stereocenters. The number of hydrogen-bond acceptors (Lipinski definition) is 6. The van der Waals surface area contributed by atoms with E-state index in [-0.39, 0.29) is 17.7 Å². The van der Waals surface area contributed by atoms with E-state index in [0.717, 1.165) is 24.3 Å². The minimum Gasteiger partial charge on any atom is -0.259 e. The third kappa shape index (κ3) is 3.31. The van der Waals surface area contributed by atoms with E-state index < -0.39 is 26.1 Å². The first kappa shape index (κ1) is 14.2. The summed E-state index contributed by atoms with van der Waals surface area (Å²) in [7, 11) is 0. The van der Waals surface area contributed by atoms with Crippen molar-refractivity contribution < 1.29 is 14.8 Å². The van der Waals surface area contributed by atoms with E-state index >= 15 is 0 Å². The van der Waals surface area contributed by atoms with Crippen molar-refractivity contribution in [2.75, 3.05) is 0 Å². The van der Waals surface area contributed by atoms with Crippen LogP contribution < -0.4 is 0 Å². The van der Waals surface area contributed by atoms with E-state index in [1.165, 1.54) is 6.92 Å². The summed E-state index contributed by atoms with van der Waals surface area (Å²) >= 11 is 0. The van der Waals surface area contributed by atoms with E-state index in [1.54, 1.807) is 0 Å². The van der Waals surface area contributed by atoms with Crippen LogP contribution >= 0.6 is 0 Å². The van der Waals surface area contributed by atoms with Gasteiger partial charge in [-0.15, -0.1) is 0 Å². The molecule has 19 heavy (non-hydrogen) atoms. The summed E-state index contributed by atoms with van der Waals surface area (Å²) in [6.07, 6.45) is 1.13. The zero-order valence-electron chi connectivity index (χ0n) is 9.81. The van der Waals surface area contributed by atoms with Gasteiger partial charge in [0.15, 0.2) is 0 Å². The highest BCUT2D eigenvalue weighted by Crippen LogP contribution is 2.27. The third-order valence-electron chi connectivity index (χ3n) is 2.34. The van der Waals surface area contributed by atoms with Gasteiger partial charge in [0.2, 0.25) is 5.70 Å². The second kappa shape index (κ2) is 5.67. The van der Waals surface area contributed by atoms with Gasteiger partial charge < -0.3 is 0 Å². The predicted molar refractivity (Wildman–Crippen MR) is 65.0 cm³/mol. The van der Waals surface area contributed by atoms with Gasteiger partial charge in [0.05, 0.1) is 26.4 Å². The quantitative estimate of drug-likeness (QED) is 0.595. The largest absolute Gasteiger partial charge is 0.283 e. The minimum absolute atomic E-state index is 0.0378. The molecular weight excluding hydrogens is 258 g/mol. The Morgan fingerprint density at radius 1 is 1.16 bits per heavy atom. The van der Waals surface area contributed by atoms with Gasteiger partial charge in [-0.1, -0.05) is 6.92 Å². The number of non-ortho nitro benzene ring substituents is 1. The average molecular weight is 267 g/mol. The van der Waals surface area contributed by atoms with Gasteiger partial charge in [0.1, 0.15) is 0 Å². The number of allylic oxidation sites excluding steroid dienone is 1. The third-order valence-corrected chi connectivity index (χ3v) is 2.34. The SMILES string of the molecule is CCC(=Cc1ccc([N+](=O)[O-])cc1[N+](=O)[O-])[N+](=O)[O-]. The molecule has 9 nitrogen and oxygen atoms in total. The number of hydrogen-bond donors (Lipinski definition) is 0. The predicted octanol–water partition coefficient (Wildman–Crippen LogP) is 2.53. The molecule has 0 amide bonds. The molecule has 0 spiro atoms. The topological polar surface area (TPSA) is 129 Å². The Hall–Kier alpha value is -2.84. The molecule has 100 valence electrons. The molecule has 1 aromatic carbocycles. The maximum atomic E-state index is 10.8. The Kier molecular flexibility index (Phi) is 4.24. The number of nitro groups is 3. The Morgan fingerprint density at radius 2 is 1.79 bits per heavy atom. The van der Waals surface area contributed by atoms with E-state index in [4.69, 9.17) is 0 Å². The minimum atomic E-state index is -0.813. The molecule has 0 unspecified atom stereocenters. The van der Waals surface area contributed by atoms with Gasteiger partial charge in [-0.25, -0.2) is 0 Å². The Labute approximate surface area is 106 Å². The molecule has 0 fully saturated rings. The van der Waals surface area contributed by atoms with Crippen LogP contribution in [0.15, 0.2) is 23.9 Å². The Balaban J connectivity index is 3.39. The molecule has 0 aliphatic carbocycles. The molecule has 0 N–H and O–H groups in total. The van der Waals surface area contributed by atoms with E-state index in [2.05, 4.69) is 0 Å². The normalized spacial score (nSPS) is 11.1. The maximum Gasteiger partial charge on any atom is 0.283 e. The summed E-state index contributed by atoms with van der Waals surface area (Å²) < 4.78 is 0. The first-order valence-corrected chi connectivity index (χ1v) is 5.14. The van der Waals surface area contributed by atoms with Gasteiger partial charge >= 0.3 is 0 Å². The zero-order valence-corrected chi connectivity index (χ0v) is 9.81. The smallest absolute Gasteiger partial charge is 0.259 e. The van der Waals surface area contributed by atoms with Crippen LogP contribution in [0, 0.1) is 30.3 Å². The van der Waals surface area contributed by atoms with Crippen molar-refractivity contribution in [3.63, 3.8) is 0 Å². The van der Waals surface area contributed by atoms with E-state index in [1.807, 2.05) is 0 Å². The van der Waals surface area contributed by atoms with Crippen LogP contribution in [0.25, 0.3) is 6.08 Å². The summed E-state index contributed by atoms with van der Waals surface area (Å²) in [5.74, 6) is 0. The first-order chi connectivity index (χ1) is 8.86. The lowest BCUT2D eigenvalue weighted by Crippen LogP contribution is -1.99.